The molecule has 0 spiro atoms. The Morgan fingerprint density at radius 1 is 1.30 bits per heavy atom. The molecule has 0 bridgehead atoms. The Morgan fingerprint density at radius 2 is 2.10 bits per heavy atom. The average Bonchev–Trinajstić information content (AvgIpc) is 2.85. The van der Waals surface area contributed by atoms with Gasteiger partial charge in [-0.1, -0.05) is 6.07 Å². The number of nitrogens with one attached hydrogen (secondary N) is 1. The second-order valence-corrected chi connectivity index (χ2v) is 4.19. The number of carbonyl (C=O) groups excluding carboxylic acids is 2. The van der Waals surface area contributed by atoms with Crippen LogP contribution in [0.1, 0.15) is 33.4 Å². The molecule has 20 heavy (non-hydrogen) atoms. The maximum Gasteiger partial charge on any atom is 0.338 e. The van der Waals surface area contributed by atoms with Crippen molar-refractivity contribution in [1.29, 1.82) is 0 Å². The van der Waals surface area contributed by atoms with Crippen LogP contribution >= 0.6 is 0 Å². The van der Waals surface area contributed by atoms with Crippen molar-refractivity contribution in [3.63, 3.8) is 0 Å². The molecule has 2 aromatic rings. The Bertz CT molecular complexity index is 630. The molecule has 1 aromatic carbocycles. The molecule has 0 aliphatic carbocycles. The standard InChI is InChI=1S/C15H15NO4/c1-3-19-15(18)11-5-4-6-12(9-11)16-14(17)13-10(2)7-8-20-13/h4-9H,3H2,1-2H3,(H,16,17). The lowest BCUT2D eigenvalue weighted by molar-refractivity contribution is 0.0526. The molecule has 0 radical (unpaired) electrons. The Labute approximate surface area is 116 Å². The first-order chi connectivity index (χ1) is 9.61. The number of furan rings is 1. The SMILES string of the molecule is CCOC(=O)c1cccc(NC(=O)c2occc2C)c1. The van der Waals surface area contributed by atoms with E-state index >= 15 is 0 Å². The van der Waals surface area contributed by atoms with E-state index < -0.39 is 5.97 Å². The van der Waals surface area contributed by atoms with E-state index in [1.54, 1.807) is 44.2 Å². The fourth-order valence-corrected chi connectivity index (χ4v) is 1.73. The van der Waals surface area contributed by atoms with E-state index in [-0.39, 0.29) is 11.7 Å². The number of rotatable bonds is 4. The van der Waals surface area contributed by atoms with E-state index in [1.165, 1.54) is 6.26 Å². The number of hydrogen-bond acceptors (Lipinski definition) is 4. The van der Waals surface area contributed by atoms with Gasteiger partial charge >= 0.3 is 5.97 Å². The highest BCUT2D eigenvalue weighted by molar-refractivity contribution is 6.03. The monoisotopic (exact) mass is 273 g/mol. The molecule has 1 aromatic heterocycles. The predicted molar refractivity (Wildman–Crippen MR) is 73.8 cm³/mol. The Kier molecular flexibility index (Phi) is 4.20. The first-order valence-corrected chi connectivity index (χ1v) is 6.24. The number of amides is 1. The minimum atomic E-state index is -0.419. The van der Waals surface area contributed by atoms with Crippen molar-refractivity contribution >= 4 is 17.6 Å². The molecule has 0 atom stereocenters. The topological polar surface area (TPSA) is 68.5 Å². The van der Waals surface area contributed by atoms with Crippen LogP contribution < -0.4 is 5.32 Å². The highest BCUT2D eigenvalue weighted by atomic mass is 16.5. The quantitative estimate of drug-likeness (QED) is 0.869. The number of anilines is 1. The van der Waals surface area contributed by atoms with Gasteiger partial charge in [-0.05, 0) is 38.1 Å². The number of benzene rings is 1. The molecule has 0 aliphatic rings. The van der Waals surface area contributed by atoms with Gasteiger partial charge in [-0.3, -0.25) is 4.79 Å². The van der Waals surface area contributed by atoms with Crippen LogP contribution in [0, 0.1) is 6.92 Å². The van der Waals surface area contributed by atoms with E-state index in [1.807, 2.05) is 0 Å². The third-order valence-electron chi connectivity index (χ3n) is 2.70. The first-order valence-electron chi connectivity index (χ1n) is 6.24. The van der Waals surface area contributed by atoms with Gasteiger partial charge in [0.1, 0.15) is 0 Å². The zero-order valence-corrected chi connectivity index (χ0v) is 11.3. The number of ether oxygens (including phenoxy) is 1. The molecule has 1 heterocycles. The van der Waals surface area contributed by atoms with E-state index in [0.29, 0.717) is 17.9 Å². The summed E-state index contributed by atoms with van der Waals surface area (Å²) in [6.07, 6.45) is 1.46. The second-order valence-electron chi connectivity index (χ2n) is 4.19. The van der Waals surface area contributed by atoms with Crippen LogP contribution in [0.2, 0.25) is 0 Å². The molecule has 0 aliphatic heterocycles. The molecule has 5 heteroatoms. The van der Waals surface area contributed by atoms with E-state index in [9.17, 15) is 9.59 Å². The maximum atomic E-state index is 12.0. The van der Waals surface area contributed by atoms with Crippen molar-refractivity contribution in [3.05, 3.63) is 53.5 Å². The van der Waals surface area contributed by atoms with Crippen molar-refractivity contribution in [2.24, 2.45) is 0 Å². The van der Waals surface area contributed by atoms with Crippen molar-refractivity contribution < 1.29 is 18.7 Å². The summed E-state index contributed by atoms with van der Waals surface area (Å²) < 4.78 is 10.0. The van der Waals surface area contributed by atoms with Crippen molar-refractivity contribution in [1.82, 2.24) is 0 Å². The van der Waals surface area contributed by atoms with Gasteiger partial charge in [0.15, 0.2) is 5.76 Å². The number of hydrogen-bond donors (Lipinski definition) is 1. The van der Waals surface area contributed by atoms with Gasteiger partial charge in [0, 0.05) is 11.3 Å². The largest absolute Gasteiger partial charge is 0.462 e. The van der Waals surface area contributed by atoms with Gasteiger partial charge in [0.25, 0.3) is 5.91 Å². The lowest BCUT2D eigenvalue weighted by Crippen LogP contribution is -2.13. The molecule has 0 fully saturated rings. The fourth-order valence-electron chi connectivity index (χ4n) is 1.73. The van der Waals surface area contributed by atoms with Gasteiger partial charge in [-0.25, -0.2) is 4.79 Å². The molecule has 1 amide bonds. The predicted octanol–water partition coefficient (Wildman–Crippen LogP) is 3.02. The van der Waals surface area contributed by atoms with Crippen LogP contribution in [-0.4, -0.2) is 18.5 Å². The lowest BCUT2D eigenvalue weighted by Gasteiger charge is -2.06. The normalized spacial score (nSPS) is 10.1. The van der Waals surface area contributed by atoms with Crippen LogP contribution in [0.25, 0.3) is 0 Å². The van der Waals surface area contributed by atoms with Gasteiger partial charge in [0.2, 0.25) is 0 Å². The van der Waals surface area contributed by atoms with Gasteiger partial charge in [-0.2, -0.15) is 0 Å². The van der Waals surface area contributed by atoms with Crippen molar-refractivity contribution in [2.75, 3.05) is 11.9 Å². The summed E-state index contributed by atoms with van der Waals surface area (Å²) in [6, 6.07) is 8.28. The summed E-state index contributed by atoms with van der Waals surface area (Å²) in [5.74, 6) is -0.516. The summed E-state index contributed by atoms with van der Waals surface area (Å²) >= 11 is 0. The molecule has 1 N–H and O–H groups in total. The summed E-state index contributed by atoms with van der Waals surface area (Å²) in [5.41, 5.74) is 1.65. The van der Waals surface area contributed by atoms with E-state index in [2.05, 4.69) is 5.32 Å². The molecule has 0 saturated carbocycles. The number of aryl methyl sites for hydroxylation is 1. The van der Waals surface area contributed by atoms with Crippen LogP contribution in [-0.2, 0) is 4.74 Å². The molecular weight excluding hydrogens is 258 g/mol. The summed E-state index contributed by atoms with van der Waals surface area (Å²) in [5, 5.41) is 2.68. The minimum absolute atomic E-state index is 0.256. The number of carbonyl (C=O) groups is 2. The second kappa shape index (κ2) is 6.06. The molecule has 0 unspecified atom stereocenters. The highest BCUT2D eigenvalue weighted by Gasteiger charge is 2.14. The number of esters is 1. The van der Waals surface area contributed by atoms with Gasteiger partial charge in [0.05, 0.1) is 18.4 Å². The van der Waals surface area contributed by atoms with Crippen LogP contribution in [0.4, 0.5) is 5.69 Å². The van der Waals surface area contributed by atoms with Gasteiger partial charge in [-0.15, -0.1) is 0 Å². The summed E-state index contributed by atoms with van der Waals surface area (Å²) in [7, 11) is 0. The van der Waals surface area contributed by atoms with Crippen molar-refractivity contribution in [2.45, 2.75) is 13.8 Å². The zero-order chi connectivity index (χ0) is 14.5. The van der Waals surface area contributed by atoms with E-state index in [4.69, 9.17) is 9.15 Å². The van der Waals surface area contributed by atoms with Crippen LogP contribution in [0.5, 0.6) is 0 Å². The third-order valence-corrected chi connectivity index (χ3v) is 2.70. The average molecular weight is 273 g/mol. The highest BCUT2D eigenvalue weighted by Crippen LogP contribution is 2.15. The third kappa shape index (κ3) is 3.06. The summed E-state index contributed by atoms with van der Waals surface area (Å²) in [4.78, 5) is 23.6. The lowest BCUT2D eigenvalue weighted by atomic mass is 10.2. The Hall–Kier alpha value is -2.56. The molecule has 2 rings (SSSR count). The fraction of sp³-hybridized carbons (Fsp3) is 0.200. The molecular formula is C15H15NO4. The molecule has 5 nitrogen and oxygen atoms in total. The zero-order valence-electron chi connectivity index (χ0n) is 11.3. The molecule has 104 valence electrons. The Balaban J connectivity index is 2.14. The Morgan fingerprint density at radius 3 is 2.75 bits per heavy atom. The van der Waals surface area contributed by atoms with Gasteiger partial charge < -0.3 is 14.5 Å². The smallest absolute Gasteiger partial charge is 0.338 e. The minimum Gasteiger partial charge on any atom is -0.462 e. The summed E-state index contributed by atoms with van der Waals surface area (Å²) in [6.45, 7) is 3.83. The van der Waals surface area contributed by atoms with Crippen molar-refractivity contribution in [3.8, 4) is 0 Å². The first kappa shape index (κ1) is 13.9. The van der Waals surface area contributed by atoms with Crippen LogP contribution in [0.15, 0.2) is 41.0 Å². The van der Waals surface area contributed by atoms with E-state index in [0.717, 1.165) is 5.56 Å². The van der Waals surface area contributed by atoms with Crippen LogP contribution in [0.3, 0.4) is 0 Å². The molecule has 0 saturated heterocycles. The maximum absolute atomic E-state index is 12.0.